The number of carbonyl (C=O) groups is 1. The molecule has 1 aromatic rings. The Morgan fingerprint density at radius 3 is 2.71 bits per heavy atom. The minimum Gasteiger partial charge on any atom is -0.481 e. The van der Waals surface area contributed by atoms with Gasteiger partial charge in [0.25, 0.3) is 0 Å². The molecule has 0 aromatic carbocycles. The van der Waals surface area contributed by atoms with Crippen molar-refractivity contribution in [3.63, 3.8) is 0 Å². The lowest BCUT2D eigenvalue weighted by Crippen LogP contribution is -2.11. The summed E-state index contributed by atoms with van der Waals surface area (Å²) in [4.78, 5) is 14.5. The molecular weight excluding hydrogens is 182 g/mol. The fraction of sp³-hybridized carbons (Fsp3) is 0.400. The van der Waals surface area contributed by atoms with Crippen LogP contribution in [0.5, 0.6) is 0 Å². The predicted octanol–water partition coefficient (Wildman–Crippen LogP) is 1.29. The van der Waals surface area contributed by atoms with E-state index in [0.717, 1.165) is 5.56 Å². The summed E-state index contributed by atoms with van der Waals surface area (Å²) >= 11 is 0. The van der Waals surface area contributed by atoms with E-state index in [1.54, 1.807) is 19.5 Å². The zero-order valence-electron chi connectivity index (χ0n) is 8.01. The van der Waals surface area contributed by atoms with Crippen molar-refractivity contribution in [1.29, 1.82) is 0 Å². The molecule has 4 nitrogen and oxygen atoms in total. The van der Waals surface area contributed by atoms with Crippen LogP contribution < -0.4 is 0 Å². The van der Waals surface area contributed by atoms with Crippen molar-refractivity contribution in [2.75, 3.05) is 13.7 Å². The lowest BCUT2D eigenvalue weighted by molar-refractivity contribution is -0.137. The van der Waals surface area contributed by atoms with E-state index in [1.165, 1.54) is 0 Å². The summed E-state index contributed by atoms with van der Waals surface area (Å²) in [6.07, 6.45) is 3.39. The molecule has 0 radical (unpaired) electrons. The Bertz CT molecular complexity index is 287. The maximum absolute atomic E-state index is 10.6. The highest BCUT2D eigenvalue weighted by atomic mass is 16.5. The molecule has 0 aliphatic heterocycles. The van der Waals surface area contributed by atoms with Crippen LogP contribution >= 0.6 is 0 Å². The number of methoxy groups -OCH3 is 1. The third kappa shape index (κ3) is 3.14. The monoisotopic (exact) mass is 195 g/mol. The molecule has 1 atom stereocenters. The number of hydrogen-bond acceptors (Lipinski definition) is 3. The van der Waals surface area contributed by atoms with E-state index >= 15 is 0 Å². The lowest BCUT2D eigenvalue weighted by Gasteiger charge is -2.13. The first-order chi connectivity index (χ1) is 6.74. The van der Waals surface area contributed by atoms with E-state index < -0.39 is 5.97 Å². The van der Waals surface area contributed by atoms with Crippen LogP contribution in [-0.4, -0.2) is 29.8 Å². The van der Waals surface area contributed by atoms with Crippen molar-refractivity contribution in [3.05, 3.63) is 30.1 Å². The van der Waals surface area contributed by atoms with Gasteiger partial charge in [0, 0.05) is 25.4 Å². The second-order valence-corrected chi connectivity index (χ2v) is 3.03. The molecule has 0 bridgehead atoms. The van der Waals surface area contributed by atoms with E-state index in [9.17, 15) is 4.79 Å². The summed E-state index contributed by atoms with van der Waals surface area (Å²) in [5.74, 6) is -0.913. The van der Waals surface area contributed by atoms with Gasteiger partial charge in [-0.1, -0.05) is 0 Å². The molecule has 76 valence electrons. The number of carboxylic acids is 1. The van der Waals surface area contributed by atoms with Crippen LogP contribution in [0, 0.1) is 0 Å². The third-order valence-corrected chi connectivity index (χ3v) is 1.97. The molecule has 0 saturated carbocycles. The van der Waals surface area contributed by atoms with Crippen LogP contribution in [0.25, 0.3) is 0 Å². The Hall–Kier alpha value is -1.42. The molecule has 0 fully saturated rings. The van der Waals surface area contributed by atoms with E-state index in [2.05, 4.69) is 4.98 Å². The molecule has 0 aliphatic rings. The Balaban J connectivity index is 2.72. The number of aromatic nitrogens is 1. The van der Waals surface area contributed by atoms with Gasteiger partial charge in [-0.2, -0.15) is 0 Å². The van der Waals surface area contributed by atoms with Crippen LogP contribution in [-0.2, 0) is 9.53 Å². The van der Waals surface area contributed by atoms with Gasteiger partial charge in [0.15, 0.2) is 0 Å². The molecule has 0 spiro atoms. The van der Waals surface area contributed by atoms with Gasteiger partial charge < -0.3 is 9.84 Å². The maximum Gasteiger partial charge on any atom is 0.304 e. The second-order valence-electron chi connectivity index (χ2n) is 3.03. The summed E-state index contributed by atoms with van der Waals surface area (Å²) in [6.45, 7) is 0.413. The molecule has 1 aromatic heterocycles. The molecule has 0 saturated heterocycles. The van der Waals surface area contributed by atoms with Crippen molar-refractivity contribution in [2.24, 2.45) is 0 Å². The highest BCUT2D eigenvalue weighted by Gasteiger charge is 2.14. The highest BCUT2D eigenvalue weighted by molar-refractivity contribution is 5.68. The van der Waals surface area contributed by atoms with Crippen LogP contribution in [0.15, 0.2) is 24.5 Å². The quantitative estimate of drug-likeness (QED) is 0.769. The minimum absolute atomic E-state index is 0.0812. The van der Waals surface area contributed by atoms with Crippen molar-refractivity contribution >= 4 is 5.97 Å². The highest BCUT2D eigenvalue weighted by Crippen LogP contribution is 2.18. The summed E-state index contributed by atoms with van der Waals surface area (Å²) in [5, 5.41) is 8.70. The summed E-state index contributed by atoms with van der Waals surface area (Å²) in [7, 11) is 1.57. The Morgan fingerprint density at radius 2 is 2.21 bits per heavy atom. The molecule has 4 heteroatoms. The largest absolute Gasteiger partial charge is 0.481 e. The SMILES string of the molecule is COCC(CC(=O)O)c1ccncc1. The molecule has 1 heterocycles. The van der Waals surface area contributed by atoms with Gasteiger partial charge >= 0.3 is 5.97 Å². The zero-order valence-corrected chi connectivity index (χ0v) is 8.01. The Kier molecular flexibility index (Phi) is 4.07. The Morgan fingerprint density at radius 1 is 1.57 bits per heavy atom. The van der Waals surface area contributed by atoms with Gasteiger partial charge in [-0.3, -0.25) is 9.78 Å². The predicted molar refractivity (Wildman–Crippen MR) is 51.1 cm³/mol. The minimum atomic E-state index is -0.816. The van der Waals surface area contributed by atoms with E-state index in [1.807, 2.05) is 12.1 Å². The van der Waals surface area contributed by atoms with Gasteiger partial charge in [-0.25, -0.2) is 0 Å². The Labute approximate surface area is 82.5 Å². The maximum atomic E-state index is 10.6. The van der Waals surface area contributed by atoms with Gasteiger partial charge in [0.05, 0.1) is 13.0 Å². The fourth-order valence-electron chi connectivity index (χ4n) is 1.32. The normalized spacial score (nSPS) is 12.4. The first-order valence-corrected chi connectivity index (χ1v) is 4.34. The van der Waals surface area contributed by atoms with Gasteiger partial charge in [-0.05, 0) is 17.7 Å². The summed E-state index contributed by atoms with van der Waals surface area (Å²) in [6, 6.07) is 3.62. The first-order valence-electron chi connectivity index (χ1n) is 4.34. The van der Waals surface area contributed by atoms with E-state index in [0.29, 0.717) is 6.61 Å². The van der Waals surface area contributed by atoms with Crippen LogP contribution in [0.2, 0.25) is 0 Å². The average molecular weight is 195 g/mol. The molecule has 1 rings (SSSR count). The van der Waals surface area contributed by atoms with Crippen LogP contribution in [0.3, 0.4) is 0 Å². The van der Waals surface area contributed by atoms with Crippen LogP contribution in [0.1, 0.15) is 17.9 Å². The number of rotatable bonds is 5. The molecule has 0 aliphatic carbocycles. The van der Waals surface area contributed by atoms with Gasteiger partial charge in [0.1, 0.15) is 0 Å². The number of pyridine rings is 1. The lowest BCUT2D eigenvalue weighted by atomic mass is 9.98. The van der Waals surface area contributed by atoms with Crippen LogP contribution in [0.4, 0.5) is 0 Å². The zero-order chi connectivity index (χ0) is 10.4. The topological polar surface area (TPSA) is 59.4 Å². The molecule has 1 N–H and O–H groups in total. The molecule has 1 unspecified atom stereocenters. The number of carboxylic acid groups (broad SMARTS) is 1. The number of nitrogens with zero attached hydrogens (tertiary/aromatic N) is 1. The number of aliphatic carboxylic acids is 1. The third-order valence-electron chi connectivity index (χ3n) is 1.97. The van der Waals surface area contributed by atoms with Crippen molar-refractivity contribution in [2.45, 2.75) is 12.3 Å². The molecule has 14 heavy (non-hydrogen) atoms. The van der Waals surface area contributed by atoms with Gasteiger partial charge in [0.2, 0.25) is 0 Å². The average Bonchev–Trinajstić information content (AvgIpc) is 2.18. The fourth-order valence-corrected chi connectivity index (χ4v) is 1.32. The summed E-state index contributed by atoms with van der Waals surface area (Å²) < 4.78 is 4.98. The van der Waals surface area contributed by atoms with E-state index in [4.69, 9.17) is 9.84 Å². The van der Waals surface area contributed by atoms with Crippen molar-refractivity contribution in [1.82, 2.24) is 4.98 Å². The first kappa shape index (κ1) is 10.7. The van der Waals surface area contributed by atoms with Crippen molar-refractivity contribution in [3.8, 4) is 0 Å². The van der Waals surface area contributed by atoms with Crippen molar-refractivity contribution < 1.29 is 14.6 Å². The number of ether oxygens (including phenoxy) is 1. The summed E-state index contributed by atoms with van der Waals surface area (Å²) in [5.41, 5.74) is 0.948. The standard InChI is InChI=1S/C10H13NO3/c1-14-7-9(6-10(12)13)8-2-4-11-5-3-8/h2-5,9H,6-7H2,1H3,(H,12,13). The second kappa shape index (κ2) is 5.34. The molecular formula is C10H13NO3. The smallest absolute Gasteiger partial charge is 0.304 e. The van der Waals surface area contributed by atoms with Gasteiger partial charge in [-0.15, -0.1) is 0 Å². The van der Waals surface area contributed by atoms with E-state index in [-0.39, 0.29) is 12.3 Å². The molecule has 0 amide bonds. The number of hydrogen-bond donors (Lipinski definition) is 1.